The third-order valence-corrected chi connectivity index (χ3v) is 3.01. The Morgan fingerprint density at radius 2 is 2.10 bits per heavy atom. The monoisotopic (exact) mass is 287 g/mol. The van der Waals surface area contributed by atoms with E-state index in [2.05, 4.69) is 22.5 Å². The molecule has 0 unspecified atom stereocenters. The summed E-state index contributed by atoms with van der Waals surface area (Å²) in [6.45, 7) is 4.65. The van der Waals surface area contributed by atoms with Gasteiger partial charge in [-0.1, -0.05) is 6.92 Å². The molecule has 0 aliphatic rings. The Labute approximate surface area is 123 Å². The third kappa shape index (κ3) is 4.02. The maximum atomic E-state index is 13.0. The van der Waals surface area contributed by atoms with Gasteiger partial charge in [-0.05, 0) is 49.2 Å². The minimum absolute atomic E-state index is 0.315. The van der Waals surface area contributed by atoms with Crippen LogP contribution in [-0.2, 0) is 0 Å². The van der Waals surface area contributed by atoms with Crippen molar-refractivity contribution in [2.24, 2.45) is 0 Å². The summed E-state index contributed by atoms with van der Waals surface area (Å²) >= 11 is 0. The number of amides is 1. The predicted molar refractivity (Wildman–Crippen MR) is 82.1 cm³/mol. The fraction of sp³-hybridized carbons (Fsp3) is 0.250. The standard InChI is InChI=1S/C16H18FN3O/c1-3-7-18-13-6-8-19-15(10-13)16(21)20-14-5-4-12(17)9-11(14)2/h4-6,8-10H,3,7H2,1-2H3,(H,18,19)(H,20,21). The molecule has 2 aromatic rings. The van der Waals surface area contributed by atoms with Crippen LogP contribution in [0.4, 0.5) is 15.8 Å². The molecule has 0 aliphatic carbocycles. The fourth-order valence-corrected chi connectivity index (χ4v) is 1.89. The number of benzene rings is 1. The van der Waals surface area contributed by atoms with Crippen LogP contribution in [0.2, 0.25) is 0 Å². The summed E-state index contributed by atoms with van der Waals surface area (Å²) in [6, 6.07) is 7.75. The van der Waals surface area contributed by atoms with E-state index in [4.69, 9.17) is 0 Å². The van der Waals surface area contributed by atoms with Crippen LogP contribution in [0.25, 0.3) is 0 Å². The SMILES string of the molecule is CCCNc1ccnc(C(=O)Nc2ccc(F)cc2C)c1. The quantitative estimate of drug-likeness (QED) is 0.883. The minimum atomic E-state index is -0.325. The number of hydrogen-bond donors (Lipinski definition) is 2. The minimum Gasteiger partial charge on any atom is -0.385 e. The molecule has 0 saturated carbocycles. The highest BCUT2D eigenvalue weighted by atomic mass is 19.1. The normalized spacial score (nSPS) is 10.2. The molecule has 0 aliphatic heterocycles. The van der Waals surface area contributed by atoms with Crippen molar-refractivity contribution in [3.63, 3.8) is 0 Å². The lowest BCUT2D eigenvalue weighted by Gasteiger charge is -2.09. The number of nitrogens with zero attached hydrogens (tertiary/aromatic N) is 1. The zero-order valence-corrected chi connectivity index (χ0v) is 12.1. The fourth-order valence-electron chi connectivity index (χ4n) is 1.89. The number of carbonyl (C=O) groups is 1. The van der Waals surface area contributed by atoms with Crippen molar-refractivity contribution < 1.29 is 9.18 Å². The maximum Gasteiger partial charge on any atom is 0.274 e. The van der Waals surface area contributed by atoms with Gasteiger partial charge in [0.05, 0.1) is 0 Å². The van der Waals surface area contributed by atoms with E-state index in [-0.39, 0.29) is 11.7 Å². The van der Waals surface area contributed by atoms with Crippen molar-refractivity contribution in [1.29, 1.82) is 0 Å². The highest BCUT2D eigenvalue weighted by Crippen LogP contribution is 2.17. The van der Waals surface area contributed by atoms with E-state index in [0.717, 1.165) is 18.7 Å². The van der Waals surface area contributed by atoms with Gasteiger partial charge in [0.25, 0.3) is 5.91 Å². The molecule has 0 atom stereocenters. The smallest absolute Gasteiger partial charge is 0.274 e. The second-order valence-electron chi connectivity index (χ2n) is 4.77. The first-order chi connectivity index (χ1) is 10.1. The number of rotatable bonds is 5. The van der Waals surface area contributed by atoms with E-state index in [0.29, 0.717) is 16.9 Å². The van der Waals surface area contributed by atoms with E-state index >= 15 is 0 Å². The Morgan fingerprint density at radius 1 is 1.29 bits per heavy atom. The number of halogens is 1. The second kappa shape index (κ2) is 6.83. The van der Waals surface area contributed by atoms with Crippen LogP contribution in [-0.4, -0.2) is 17.4 Å². The Balaban J connectivity index is 2.12. The highest BCUT2D eigenvalue weighted by Gasteiger charge is 2.10. The molecular formula is C16H18FN3O. The van der Waals surface area contributed by atoms with Crippen LogP contribution in [0.5, 0.6) is 0 Å². The van der Waals surface area contributed by atoms with Crippen molar-refractivity contribution in [1.82, 2.24) is 4.98 Å². The van der Waals surface area contributed by atoms with Crippen molar-refractivity contribution in [2.75, 3.05) is 17.2 Å². The molecule has 0 fully saturated rings. The zero-order valence-electron chi connectivity index (χ0n) is 12.1. The number of carbonyl (C=O) groups excluding carboxylic acids is 1. The van der Waals surface area contributed by atoms with Crippen LogP contribution in [0.1, 0.15) is 29.4 Å². The van der Waals surface area contributed by atoms with Crippen LogP contribution in [0, 0.1) is 12.7 Å². The van der Waals surface area contributed by atoms with Crippen LogP contribution in [0.15, 0.2) is 36.5 Å². The molecular weight excluding hydrogens is 269 g/mol. The molecule has 0 saturated heterocycles. The first kappa shape index (κ1) is 15.0. The molecule has 21 heavy (non-hydrogen) atoms. The summed E-state index contributed by atoms with van der Waals surface area (Å²) in [5.74, 6) is -0.640. The van der Waals surface area contributed by atoms with Crippen LogP contribution in [0.3, 0.4) is 0 Å². The summed E-state index contributed by atoms with van der Waals surface area (Å²) in [6.07, 6.45) is 2.59. The molecule has 110 valence electrons. The number of aromatic nitrogens is 1. The zero-order chi connectivity index (χ0) is 15.2. The summed E-state index contributed by atoms with van der Waals surface area (Å²) in [5.41, 5.74) is 2.42. The van der Waals surface area contributed by atoms with Crippen molar-refractivity contribution in [3.05, 3.63) is 53.6 Å². The molecule has 2 N–H and O–H groups in total. The van der Waals surface area contributed by atoms with Gasteiger partial charge in [0.1, 0.15) is 11.5 Å². The van der Waals surface area contributed by atoms with Crippen molar-refractivity contribution >= 4 is 17.3 Å². The van der Waals surface area contributed by atoms with Gasteiger partial charge >= 0.3 is 0 Å². The van der Waals surface area contributed by atoms with Gasteiger partial charge in [0.2, 0.25) is 0 Å². The lowest BCUT2D eigenvalue weighted by Crippen LogP contribution is -2.15. The van der Waals surface area contributed by atoms with E-state index in [1.54, 1.807) is 25.3 Å². The summed E-state index contributed by atoms with van der Waals surface area (Å²) in [5, 5.41) is 5.94. The largest absolute Gasteiger partial charge is 0.385 e. The lowest BCUT2D eigenvalue weighted by molar-refractivity contribution is 0.102. The number of hydrogen-bond acceptors (Lipinski definition) is 3. The van der Waals surface area contributed by atoms with Gasteiger partial charge in [0.15, 0.2) is 0 Å². The average Bonchev–Trinajstić information content (AvgIpc) is 2.48. The van der Waals surface area contributed by atoms with Gasteiger partial charge in [0, 0.05) is 24.1 Å². The first-order valence-electron chi connectivity index (χ1n) is 6.87. The van der Waals surface area contributed by atoms with Crippen molar-refractivity contribution in [3.8, 4) is 0 Å². The Bertz CT molecular complexity index is 643. The van der Waals surface area contributed by atoms with Gasteiger partial charge in [-0.3, -0.25) is 9.78 Å². The third-order valence-electron chi connectivity index (χ3n) is 3.01. The number of nitrogens with one attached hydrogen (secondary N) is 2. The first-order valence-corrected chi connectivity index (χ1v) is 6.87. The van der Waals surface area contributed by atoms with Gasteiger partial charge in [-0.15, -0.1) is 0 Å². The molecule has 2 rings (SSSR count). The molecule has 0 spiro atoms. The molecule has 1 aromatic heterocycles. The van der Waals surface area contributed by atoms with Gasteiger partial charge in [-0.25, -0.2) is 4.39 Å². The summed E-state index contributed by atoms with van der Waals surface area (Å²) in [4.78, 5) is 16.2. The maximum absolute atomic E-state index is 13.0. The van der Waals surface area contributed by atoms with E-state index in [1.165, 1.54) is 12.1 Å². The number of aryl methyl sites for hydroxylation is 1. The topological polar surface area (TPSA) is 54.0 Å². The number of pyridine rings is 1. The van der Waals surface area contributed by atoms with E-state index < -0.39 is 0 Å². The Morgan fingerprint density at radius 3 is 2.81 bits per heavy atom. The Kier molecular flexibility index (Phi) is 4.87. The average molecular weight is 287 g/mol. The van der Waals surface area contributed by atoms with Gasteiger partial charge in [-0.2, -0.15) is 0 Å². The molecule has 0 radical (unpaired) electrons. The summed E-state index contributed by atoms with van der Waals surface area (Å²) < 4.78 is 13.0. The van der Waals surface area contributed by atoms with Crippen LogP contribution < -0.4 is 10.6 Å². The van der Waals surface area contributed by atoms with E-state index in [9.17, 15) is 9.18 Å². The van der Waals surface area contributed by atoms with E-state index in [1.807, 2.05) is 6.07 Å². The highest BCUT2D eigenvalue weighted by molar-refractivity contribution is 6.03. The molecule has 1 amide bonds. The van der Waals surface area contributed by atoms with Gasteiger partial charge < -0.3 is 10.6 Å². The molecule has 1 heterocycles. The molecule has 4 nitrogen and oxygen atoms in total. The molecule has 5 heteroatoms. The second-order valence-corrected chi connectivity index (χ2v) is 4.77. The molecule has 0 bridgehead atoms. The van der Waals surface area contributed by atoms with Crippen molar-refractivity contribution in [2.45, 2.75) is 20.3 Å². The predicted octanol–water partition coefficient (Wildman–Crippen LogP) is 3.60. The lowest BCUT2D eigenvalue weighted by atomic mass is 10.2. The number of anilines is 2. The van der Waals surface area contributed by atoms with Crippen LogP contribution >= 0.6 is 0 Å². The Hall–Kier alpha value is -2.43. The molecule has 1 aromatic carbocycles. The summed E-state index contributed by atoms with van der Waals surface area (Å²) in [7, 11) is 0.